The van der Waals surface area contributed by atoms with Crippen LogP contribution in [0.4, 0.5) is 14.5 Å². The molecular weight excluding hydrogens is 811 g/mol. The Balaban J connectivity index is 0.907. The van der Waals surface area contributed by atoms with Gasteiger partial charge in [0.1, 0.15) is 29.8 Å². The third-order valence-corrected chi connectivity index (χ3v) is 12.4. The van der Waals surface area contributed by atoms with Crippen molar-refractivity contribution in [3.8, 4) is 0 Å². The lowest BCUT2D eigenvalue weighted by Gasteiger charge is -2.38. The van der Waals surface area contributed by atoms with Crippen molar-refractivity contribution in [3.63, 3.8) is 0 Å². The summed E-state index contributed by atoms with van der Waals surface area (Å²) < 4.78 is 28.6. The molecule has 9 rings (SSSR count). The predicted molar refractivity (Wildman–Crippen MR) is 242 cm³/mol. The zero-order valence-electron chi connectivity index (χ0n) is 35.3. The first-order chi connectivity index (χ1) is 31.1. The summed E-state index contributed by atoms with van der Waals surface area (Å²) in [7, 11) is 0. The van der Waals surface area contributed by atoms with Crippen LogP contribution in [0.1, 0.15) is 70.5 Å². The van der Waals surface area contributed by atoms with Crippen LogP contribution in [0.5, 0.6) is 0 Å². The number of pyridine rings is 1. The maximum absolute atomic E-state index is 15.0. The van der Waals surface area contributed by atoms with Crippen LogP contribution in [0.25, 0.3) is 17.0 Å². The number of carbonyl (C=O) groups is 4. The van der Waals surface area contributed by atoms with Crippen LogP contribution < -0.4 is 16.0 Å². The molecule has 3 aliphatic rings. The Morgan fingerprint density at radius 2 is 1.44 bits per heavy atom. The van der Waals surface area contributed by atoms with Gasteiger partial charge < -0.3 is 20.9 Å². The predicted octanol–water partition coefficient (Wildman–Crippen LogP) is 7.96. The first-order valence-corrected chi connectivity index (χ1v) is 21.7. The third kappa shape index (κ3) is 8.78. The van der Waals surface area contributed by atoms with Crippen LogP contribution in [0.3, 0.4) is 0 Å². The highest BCUT2D eigenvalue weighted by atomic mass is 19.1. The zero-order valence-corrected chi connectivity index (χ0v) is 35.3. The second-order valence-corrected chi connectivity index (χ2v) is 16.8. The Morgan fingerprint density at radius 3 is 2.08 bits per heavy atom. The fourth-order valence-corrected chi connectivity index (χ4v) is 8.97. The van der Waals surface area contributed by atoms with Gasteiger partial charge in [-0.05, 0) is 89.9 Å². The SMILES string of the molecule is C[C@H](NC(=O)[C@@H]1C[C@@H](F)CN1C(=O)CNC(=O)c1ccc2cc(F)ccc2n1)c1cc(NC(=O)[C@@H]2CN2C(c2ccccc2)(c2ccccc2)c2ccccc2)ccc1/C=C/C1CC1. The van der Waals surface area contributed by atoms with Gasteiger partial charge in [-0.2, -0.15) is 0 Å². The number of halogens is 2. The molecule has 64 heavy (non-hydrogen) atoms. The molecule has 3 heterocycles. The van der Waals surface area contributed by atoms with Gasteiger partial charge in [0.25, 0.3) is 5.91 Å². The van der Waals surface area contributed by atoms with Crippen LogP contribution in [-0.2, 0) is 19.9 Å². The number of fused-ring (bicyclic) bond motifs is 1. The largest absolute Gasteiger partial charge is 0.348 e. The van der Waals surface area contributed by atoms with Crippen LogP contribution >= 0.6 is 0 Å². The number of nitrogens with one attached hydrogen (secondary N) is 3. The summed E-state index contributed by atoms with van der Waals surface area (Å²) in [6.45, 7) is 1.57. The summed E-state index contributed by atoms with van der Waals surface area (Å²) in [5.41, 5.74) is 5.01. The van der Waals surface area contributed by atoms with E-state index in [9.17, 15) is 28.0 Å². The summed E-state index contributed by atoms with van der Waals surface area (Å²) in [6, 6.07) is 41.2. The molecule has 1 saturated carbocycles. The molecule has 0 radical (unpaired) electrons. The highest BCUT2D eigenvalue weighted by Gasteiger charge is 2.56. The number of aromatic nitrogens is 1. The molecule has 3 N–H and O–H groups in total. The number of allylic oxidation sites excluding steroid dienone is 1. The van der Waals surface area contributed by atoms with Gasteiger partial charge in [-0.1, -0.05) is 115 Å². The van der Waals surface area contributed by atoms with E-state index in [0.717, 1.165) is 45.6 Å². The van der Waals surface area contributed by atoms with Gasteiger partial charge in [0.2, 0.25) is 17.7 Å². The van der Waals surface area contributed by atoms with E-state index in [4.69, 9.17) is 0 Å². The minimum Gasteiger partial charge on any atom is -0.348 e. The number of likely N-dealkylation sites (tertiary alicyclic amines) is 1. The number of alkyl halides is 1. The number of anilines is 1. The van der Waals surface area contributed by atoms with E-state index >= 15 is 0 Å². The highest BCUT2D eigenvalue weighted by Crippen LogP contribution is 2.48. The van der Waals surface area contributed by atoms with E-state index < -0.39 is 59.9 Å². The lowest BCUT2D eigenvalue weighted by atomic mass is 9.76. The van der Waals surface area contributed by atoms with Crippen LogP contribution in [0, 0.1) is 11.7 Å². The maximum Gasteiger partial charge on any atom is 0.270 e. The molecule has 0 bridgehead atoms. The average Bonchev–Trinajstić information content (AvgIpc) is 4.26. The molecule has 5 aromatic carbocycles. The van der Waals surface area contributed by atoms with Gasteiger partial charge >= 0.3 is 0 Å². The lowest BCUT2D eigenvalue weighted by molar-refractivity contribution is -0.138. The lowest BCUT2D eigenvalue weighted by Crippen LogP contribution is -2.49. The Bertz CT molecular complexity index is 2630. The smallest absolute Gasteiger partial charge is 0.270 e. The van der Waals surface area contributed by atoms with Crippen molar-refractivity contribution in [1.82, 2.24) is 25.4 Å². The van der Waals surface area contributed by atoms with Crippen molar-refractivity contribution in [1.29, 1.82) is 0 Å². The van der Waals surface area contributed by atoms with Crippen LogP contribution in [-0.4, -0.2) is 76.3 Å². The molecule has 3 fully saturated rings. The molecule has 6 aromatic rings. The van der Waals surface area contributed by atoms with Crippen molar-refractivity contribution in [3.05, 3.63) is 185 Å². The number of carbonyl (C=O) groups excluding carboxylic acids is 4. The maximum atomic E-state index is 15.0. The number of hydrogen-bond donors (Lipinski definition) is 3. The Hall–Kier alpha value is -7.05. The second kappa shape index (κ2) is 18.0. The molecule has 1 aliphatic carbocycles. The molecule has 0 spiro atoms. The fraction of sp³-hybridized carbons (Fsp3) is 0.250. The zero-order chi connectivity index (χ0) is 44.4. The Labute approximate surface area is 370 Å². The minimum atomic E-state index is -1.43. The van der Waals surface area contributed by atoms with Gasteiger partial charge in [-0.3, -0.25) is 24.1 Å². The third-order valence-electron chi connectivity index (χ3n) is 12.4. The molecule has 1 aromatic heterocycles. The van der Waals surface area contributed by atoms with Crippen molar-refractivity contribution in [2.75, 3.05) is 25.0 Å². The van der Waals surface area contributed by atoms with E-state index in [-0.39, 0.29) is 24.6 Å². The van der Waals surface area contributed by atoms with Gasteiger partial charge in [-0.25, -0.2) is 13.8 Å². The monoisotopic (exact) mass is 858 g/mol. The normalized spacial score (nSPS) is 19.9. The topological polar surface area (TPSA) is 124 Å². The summed E-state index contributed by atoms with van der Waals surface area (Å²) >= 11 is 0. The van der Waals surface area contributed by atoms with Crippen LogP contribution in [0.2, 0.25) is 0 Å². The van der Waals surface area contributed by atoms with E-state index in [1.165, 1.54) is 24.3 Å². The molecule has 1 unspecified atom stereocenters. The van der Waals surface area contributed by atoms with E-state index in [1.807, 2.05) is 85.8 Å². The molecule has 2 saturated heterocycles. The van der Waals surface area contributed by atoms with Crippen molar-refractivity contribution >= 4 is 46.3 Å². The standard InChI is InChI=1S/C52H48F2N6O4/c1-33(56-50(63)46-28-41(54)31-59(46)48(61)30-55-49(62)45-25-22-36-27-40(53)23-26-44(36)58-45)43-29-42(24-21-35(43)20-19-34-17-18-34)57-51(64)47-32-60(47)52(37-11-5-2-6-12-37,38-13-7-3-8-14-38)39-15-9-4-10-16-39/h2-16,19-27,29,33-34,41,46-47H,17-18,28,30-32H2,1H3,(H,55,62)(H,56,63)(H,57,64)/b20-19+/t33-,41+,46-,47-,60?/m0/s1. The van der Waals surface area contributed by atoms with Gasteiger partial charge in [0.15, 0.2) is 0 Å². The first kappa shape index (κ1) is 42.3. The summed E-state index contributed by atoms with van der Waals surface area (Å²) in [5.74, 6) is -1.90. The minimum absolute atomic E-state index is 0.0268. The summed E-state index contributed by atoms with van der Waals surface area (Å²) in [4.78, 5) is 62.3. The molecular formula is C52H48F2N6O4. The second-order valence-electron chi connectivity index (χ2n) is 16.8. The van der Waals surface area contributed by atoms with Gasteiger partial charge in [-0.15, -0.1) is 0 Å². The van der Waals surface area contributed by atoms with Crippen molar-refractivity contribution < 1.29 is 28.0 Å². The number of benzene rings is 5. The van der Waals surface area contributed by atoms with E-state index in [2.05, 4.69) is 68.3 Å². The Morgan fingerprint density at radius 1 is 0.781 bits per heavy atom. The van der Waals surface area contributed by atoms with Gasteiger partial charge in [0.05, 0.1) is 30.2 Å². The number of rotatable bonds is 14. The summed E-state index contributed by atoms with van der Waals surface area (Å²) in [6.07, 6.45) is 4.77. The molecule has 10 nitrogen and oxygen atoms in total. The molecule has 324 valence electrons. The van der Waals surface area contributed by atoms with Crippen LogP contribution in [0.15, 0.2) is 146 Å². The fourth-order valence-electron chi connectivity index (χ4n) is 8.97. The average molecular weight is 859 g/mol. The van der Waals surface area contributed by atoms with Crippen molar-refractivity contribution in [2.24, 2.45) is 5.92 Å². The molecule has 4 amide bonds. The summed E-state index contributed by atoms with van der Waals surface area (Å²) in [5, 5.41) is 9.23. The number of nitrogens with zero attached hydrogens (tertiary/aromatic N) is 3. The molecule has 2 aliphatic heterocycles. The van der Waals surface area contributed by atoms with Gasteiger partial charge in [0, 0.05) is 24.0 Å². The highest BCUT2D eigenvalue weighted by molar-refractivity contribution is 5.98. The molecule has 12 heteroatoms. The quantitative estimate of drug-likeness (QED) is 0.0755. The first-order valence-electron chi connectivity index (χ1n) is 21.7. The van der Waals surface area contributed by atoms with E-state index in [1.54, 1.807) is 6.07 Å². The van der Waals surface area contributed by atoms with E-state index in [0.29, 0.717) is 29.1 Å². The Kier molecular flexibility index (Phi) is 11.9. The number of hydrogen-bond acceptors (Lipinski definition) is 6. The number of amides is 4. The van der Waals surface area contributed by atoms with Crippen molar-refractivity contribution in [2.45, 2.75) is 56.0 Å². The molecule has 5 atom stereocenters.